The second-order valence-electron chi connectivity index (χ2n) is 6.06. The van der Waals surface area contributed by atoms with Crippen molar-refractivity contribution in [1.82, 2.24) is 0 Å². The molecule has 0 aliphatic carbocycles. The van der Waals surface area contributed by atoms with Gasteiger partial charge in [-0.2, -0.15) is 5.26 Å². The molecule has 3 rings (SSSR count). The van der Waals surface area contributed by atoms with Crippen LogP contribution in [0.2, 0.25) is 0 Å². The summed E-state index contributed by atoms with van der Waals surface area (Å²) < 4.78 is 19.4. The summed E-state index contributed by atoms with van der Waals surface area (Å²) in [5, 5.41) is 8.88. The van der Waals surface area contributed by atoms with E-state index in [1.165, 1.54) is 12.1 Å². The zero-order valence-electron chi connectivity index (χ0n) is 14.4. The molecule has 0 fully saturated rings. The topological polar surface area (TPSA) is 59.0 Å². The van der Waals surface area contributed by atoms with Crippen molar-refractivity contribution in [3.63, 3.8) is 0 Å². The largest absolute Gasteiger partial charge is 0.496 e. The zero-order chi connectivity index (χ0) is 18.5. The lowest BCUT2D eigenvalue weighted by Crippen LogP contribution is -2.14. The highest BCUT2D eigenvalue weighted by molar-refractivity contribution is 5.67. The highest BCUT2D eigenvalue weighted by atomic mass is 19.1. The van der Waals surface area contributed by atoms with Gasteiger partial charge in [0.15, 0.2) is 0 Å². The van der Waals surface area contributed by atoms with E-state index in [0.29, 0.717) is 17.7 Å². The van der Waals surface area contributed by atoms with Crippen molar-refractivity contribution < 1.29 is 9.13 Å². The van der Waals surface area contributed by atoms with Gasteiger partial charge in [0.05, 0.1) is 12.7 Å². The van der Waals surface area contributed by atoms with E-state index in [0.717, 1.165) is 16.7 Å². The maximum Gasteiger partial charge on any atom is 0.141 e. The Bertz CT molecular complexity index is 948. The predicted octanol–water partition coefficient (Wildman–Crippen LogP) is 4.62. The highest BCUT2D eigenvalue weighted by Gasteiger charge is 2.15. The maximum atomic E-state index is 14.0. The maximum absolute atomic E-state index is 14.0. The molecule has 26 heavy (non-hydrogen) atoms. The number of hydrogen-bond donors (Lipinski definition) is 1. The number of ether oxygens (including phenoxy) is 1. The first-order valence-corrected chi connectivity index (χ1v) is 8.30. The number of rotatable bonds is 5. The Morgan fingerprint density at radius 3 is 2.38 bits per heavy atom. The Morgan fingerprint density at radius 2 is 1.73 bits per heavy atom. The summed E-state index contributed by atoms with van der Waals surface area (Å²) >= 11 is 0. The van der Waals surface area contributed by atoms with Crippen molar-refractivity contribution in [2.24, 2.45) is 5.73 Å². The van der Waals surface area contributed by atoms with E-state index < -0.39 is 5.82 Å². The van der Waals surface area contributed by atoms with Crippen molar-refractivity contribution in [2.75, 3.05) is 7.11 Å². The number of methoxy groups -OCH3 is 1. The third-order valence-electron chi connectivity index (χ3n) is 4.35. The SMILES string of the molecule is COc1ccc(-c2ccc(C#N)c(F)c2)cc1C(N)Cc1ccccc1. The fraction of sp³-hybridized carbons (Fsp3) is 0.136. The molecule has 1 atom stereocenters. The summed E-state index contributed by atoms with van der Waals surface area (Å²) in [5.74, 6) is 0.169. The number of nitrogens with two attached hydrogens (primary N) is 1. The number of halogens is 1. The molecule has 0 heterocycles. The molecule has 3 aromatic rings. The van der Waals surface area contributed by atoms with Crippen LogP contribution in [0.15, 0.2) is 66.7 Å². The summed E-state index contributed by atoms with van der Waals surface area (Å²) in [4.78, 5) is 0. The molecule has 0 aliphatic heterocycles. The standard InChI is InChI=1S/C22H19FN2O/c1-26-22-10-9-16(17-7-8-18(14-24)20(23)13-17)12-19(22)21(25)11-15-5-3-2-4-6-15/h2-10,12-13,21H,11,25H2,1H3. The molecular formula is C22H19FN2O. The third kappa shape index (κ3) is 3.74. The highest BCUT2D eigenvalue weighted by Crippen LogP contribution is 2.32. The van der Waals surface area contributed by atoms with Crippen LogP contribution in [0, 0.1) is 17.1 Å². The molecule has 3 aromatic carbocycles. The quantitative estimate of drug-likeness (QED) is 0.733. The summed E-state index contributed by atoms with van der Waals surface area (Å²) in [7, 11) is 1.61. The third-order valence-corrected chi connectivity index (χ3v) is 4.35. The zero-order valence-corrected chi connectivity index (χ0v) is 14.4. The average molecular weight is 346 g/mol. The summed E-state index contributed by atoms with van der Waals surface area (Å²) in [6.07, 6.45) is 0.669. The second kappa shape index (κ2) is 7.81. The van der Waals surface area contributed by atoms with Gasteiger partial charge in [0.2, 0.25) is 0 Å². The van der Waals surface area contributed by atoms with Gasteiger partial charge in [0.25, 0.3) is 0 Å². The molecule has 1 unspecified atom stereocenters. The Labute approximate surface area is 152 Å². The molecule has 0 radical (unpaired) electrons. The molecule has 2 N–H and O–H groups in total. The minimum Gasteiger partial charge on any atom is -0.496 e. The Balaban J connectivity index is 1.96. The molecule has 130 valence electrons. The molecule has 0 aromatic heterocycles. The first kappa shape index (κ1) is 17.7. The number of benzene rings is 3. The van der Waals surface area contributed by atoms with Gasteiger partial charge in [-0.25, -0.2) is 4.39 Å². The molecular weight excluding hydrogens is 327 g/mol. The van der Waals surface area contributed by atoms with Gasteiger partial charge in [0, 0.05) is 11.6 Å². The van der Waals surface area contributed by atoms with Gasteiger partial charge in [-0.1, -0.05) is 42.5 Å². The second-order valence-corrected chi connectivity index (χ2v) is 6.06. The predicted molar refractivity (Wildman–Crippen MR) is 100 cm³/mol. The normalized spacial score (nSPS) is 11.6. The van der Waals surface area contributed by atoms with E-state index in [1.807, 2.05) is 54.6 Å². The van der Waals surface area contributed by atoms with Crippen molar-refractivity contribution in [2.45, 2.75) is 12.5 Å². The summed E-state index contributed by atoms with van der Waals surface area (Å²) in [6.45, 7) is 0. The van der Waals surface area contributed by atoms with Gasteiger partial charge in [-0.3, -0.25) is 0 Å². The van der Waals surface area contributed by atoms with Crippen LogP contribution in [0.4, 0.5) is 4.39 Å². The van der Waals surface area contributed by atoms with E-state index in [4.69, 9.17) is 15.7 Å². The summed E-state index contributed by atoms with van der Waals surface area (Å²) in [5.41, 5.74) is 9.97. The Morgan fingerprint density at radius 1 is 1.04 bits per heavy atom. The van der Waals surface area contributed by atoms with Crippen LogP contribution in [0.25, 0.3) is 11.1 Å². The minimum atomic E-state index is -0.532. The molecule has 0 amide bonds. The van der Waals surface area contributed by atoms with Crippen LogP contribution in [-0.4, -0.2) is 7.11 Å². The molecule has 4 heteroatoms. The van der Waals surface area contributed by atoms with Crippen molar-refractivity contribution in [3.8, 4) is 22.9 Å². The van der Waals surface area contributed by atoms with E-state index in [-0.39, 0.29) is 11.6 Å². The lowest BCUT2D eigenvalue weighted by molar-refractivity contribution is 0.405. The fourth-order valence-corrected chi connectivity index (χ4v) is 2.97. The van der Waals surface area contributed by atoms with Gasteiger partial charge >= 0.3 is 0 Å². The smallest absolute Gasteiger partial charge is 0.141 e. The van der Waals surface area contributed by atoms with Crippen molar-refractivity contribution in [3.05, 3.63) is 89.2 Å². The summed E-state index contributed by atoms with van der Waals surface area (Å²) in [6, 6.07) is 21.8. The van der Waals surface area contributed by atoms with Crippen LogP contribution in [-0.2, 0) is 6.42 Å². The number of nitriles is 1. The van der Waals surface area contributed by atoms with Crippen LogP contribution in [0.1, 0.15) is 22.7 Å². The van der Waals surface area contributed by atoms with Crippen LogP contribution < -0.4 is 10.5 Å². The van der Waals surface area contributed by atoms with Crippen molar-refractivity contribution >= 4 is 0 Å². The molecule has 0 bridgehead atoms. The van der Waals surface area contributed by atoms with Crippen LogP contribution in [0.5, 0.6) is 5.75 Å². The monoisotopic (exact) mass is 346 g/mol. The van der Waals surface area contributed by atoms with Gasteiger partial charge in [-0.15, -0.1) is 0 Å². The molecule has 0 saturated heterocycles. The minimum absolute atomic E-state index is 0.0308. The average Bonchev–Trinajstić information content (AvgIpc) is 2.68. The molecule has 0 saturated carbocycles. The number of nitrogens with zero attached hydrogens (tertiary/aromatic N) is 1. The molecule has 3 nitrogen and oxygen atoms in total. The van der Waals surface area contributed by atoms with E-state index in [9.17, 15) is 4.39 Å². The lowest BCUT2D eigenvalue weighted by atomic mass is 9.94. The fourth-order valence-electron chi connectivity index (χ4n) is 2.97. The van der Waals surface area contributed by atoms with Crippen molar-refractivity contribution in [1.29, 1.82) is 5.26 Å². The molecule has 0 spiro atoms. The first-order valence-electron chi connectivity index (χ1n) is 8.30. The Hall–Kier alpha value is -3.16. The Kier molecular flexibility index (Phi) is 5.31. The van der Waals surface area contributed by atoms with Gasteiger partial charge in [0.1, 0.15) is 17.6 Å². The first-order chi connectivity index (χ1) is 12.6. The van der Waals surface area contributed by atoms with Gasteiger partial charge < -0.3 is 10.5 Å². The van der Waals surface area contributed by atoms with E-state index in [1.54, 1.807) is 13.2 Å². The van der Waals surface area contributed by atoms with E-state index >= 15 is 0 Å². The van der Waals surface area contributed by atoms with Gasteiger partial charge in [-0.05, 0) is 47.4 Å². The lowest BCUT2D eigenvalue weighted by Gasteiger charge is -2.17. The van der Waals surface area contributed by atoms with E-state index in [2.05, 4.69) is 0 Å². The van der Waals surface area contributed by atoms with Crippen LogP contribution >= 0.6 is 0 Å². The van der Waals surface area contributed by atoms with Crippen LogP contribution in [0.3, 0.4) is 0 Å². The molecule has 0 aliphatic rings. The number of hydrogen-bond acceptors (Lipinski definition) is 3.